The Bertz CT molecular complexity index is 2310. The molecule has 0 saturated heterocycles. The Morgan fingerprint density at radius 1 is 0.743 bits per heavy atom. The molecule has 1 heterocycles. The monoisotopic (exact) mass is 969 g/mol. The van der Waals surface area contributed by atoms with Crippen LogP contribution in [0.3, 0.4) is 0 Å². The third-order valence-electron chi connectivity index (χ3n) is 10.5. The number of ether oxygens (including phenoxy) is 5. The Labute approximate surface area is 408 Å². The largest absolute Gasteiger partial charge is 0.481 e. The zero-order chi connectivity index (χ0) is 50.4. The van der Waals surface area contributed by atoms with E-state index >= 15 is 0 Å². The number of nitrogens with zero attached hydrogens (tertiary/aromatic N) is 4. The molecular weight excluding hydrogens is 903 g/mol. The van der Waals surface area contributed by atoms with Gasteiger partial charge in [-0.2, -0.15) is 0 Å². The lowest BCUT2D eigenvalue weighted by Crippen LogP contribution is -2.48. The van der Waals surface area contributed by atoms with Crippen molar-refractivity contribution in [3.63, 3.8) is 0 Å². The number of pyridine rings is 1. The number of amides is 4. The molecule has 0 saturated carbocycles. The summed E-state index contributed by atoms with van der Waals surface area (Å²) in [7, 11) is 0. The van der Waals surface area contributed by atoms with Crippen LogP contribution >= 0.6 is 0 Å². The van der Waals surface area contributed by atoms with Crippen molar-refractivity contribution in [3.05, 3.63) is 106 Å². The van der Waals surface area contributed by atoms with Crippen LogP contribution in [0.2, 0.25) is 0 Å². The number of azide groups is 1. The van der Waals surface area contributed by atoms with Crippen molar-refractivity contribution in [1.82, 2.24) is 26.3 Å². The molecular formula is C50H67N9O11. The summed E-state index contributed by atoms with van der Waals surface area (Å²) in [4.78, 5) is 71.3. The van der Waals surface area contributed by atoms with E-state index in [4.69, 9.17) is 29.2 Å². The summed E-state index contributed by atoms with van der Waals surface area (Å²) in [5.74, 6) is -1.82. The van der Waals surface area contributed by atoms with Gasteiger partial charge in [0.05, 0.1) is 85.1 Å². The first-order valence-electron chi connectivity index (χ1n) is 23.5. The number of benzene rings is 3. The van der Waals surface area contributed by atoms with Crippen molar-refractivity contribution < 1.29 is 52.8 Å². The number of aryl methyl sites for hydroxylation is 1. The molecule has 0 fully saturated rings. The predicted octanol–water partition coefficient (Wildman–Crippen LogP) is 5.50. The summed E-state index contributed by atoms with van der Waals surface area (Å²) < 4.78 is 27.3. The molecule has 0 aliphatic heterocycles. The normalized spacial score (nSPS) is 11.9. The number of aliphatic carboxylic acids is 1. The van der Waals surface area contributed by atoms with Crippen molar-refractivity contribution >= 4 is 46.2 Å². The number of carbonyl (C=O) groups is 5. The highest BCUT2D eigenvalue weighted by molar-refractivity contribution is 6.11. The fourth-order valence-corrected chi connectivity index (χ4v) is 7.12. The van der Waals surface area contributed by atoms with Crippen LogP contribution in [0.1, 0.15) is 67.1 Å². The number of carboxylic acid groups (broad SMARTS) is 1. The summed E-state index contributed by atoms with van der Waals surface area (Å²) in [6, 6.07) is 20.3. The number of nitrogens with one attached hydrogen (secondary N) is 5. The van der Waals surface area contributed by atoms with Crippen molar-refractivity contribution in [1.29, 1.82) is 0 Å². The Balaban J connectivity index is 1.22. The molecule has 0 unspecified atom stereocenters. The number of aromatic nitrogens is 1. The summed E-state index contributed by atoms with van der Waals surface area (Å²) in [6.07, 6.45) is 2.47. The van der Waals surface area contributed by atoms with Crippen LogP contribution in [-0.2, 0) is 42.9 Å². The summed E-state index contributed by atoms with van der Waals surface area (Å²) in [5, 5.41) is 28.9. The molecule has 4 aromatic rings. The van der Waals surface area contributed by atoms with E-state index in [-0.39, 0.29) is 56.8 Å². The second kappa shape index (κ2) is 32.2. The molecule has 20 heteroatoms. The van der Waals surface area contributed by atoms with Gasteiger partial charge in [0.25, 0.3) is 5.91 Å². The van der Waals surface area contributed by atoms with Gasteiger partial charge in [0.15, 0.2) is 0 Å². The molecule has 4 amide bonds. The molecule has 20 nitrogen and oxygen atoms in total. The summed E-state index contributed by atoms with van der Waals surface area (Å²) in [6.45, 7) is 10.4. The summed E-state index contributed by atoms with van der Waals surface area (Å²) in [5.41, 5.74) is 11.9. The number of carbonyl (C=O) groups excluding carboxylic acids is 4. The second-order valence-corrected chi connectivity index (χ2v) is 16.5. The van der Waals surface area contributed by atoms with Crippen LogP contribution < -0.4 is 26.6 Å². The predicted molar refractivity (Wildman–Crippen MR) is 264 cm³/mol. The number of fused-ring (bicyclic) bond motifs is 1. The molecule has 1 aromatic heterocycles. The molecule has 4 rings (SSSR count). The van der Waals surface area contributed by atoms with Crippen LogP contribution in [0.5, 0.6) is 0 Å². The Hall–Kier alpha value is -6.67. The molecule has 0 radical (unpaired) electrons. The molecule has 0 bridgehead atoms. The maximum absolute atomic E-state index is 13.9. The van der Waals surface area contributed by atoms with Gasteiger partial charge in [-0.1, -0.05) is 73.6 Å². The van der Waals surface area contributed by atoms with E-state index in [9.17, 15) is 29.1 Å². The van der Waals surface area contributed by atoms with Gasteiger partial charge in [-0.05, 0) is 82.4 Å². The molecule has 0 aliphatic carbocycles. The molecule has 3 aromatic carbocycles. The van der Waals surface area contributed by atoms with Crippen LogP contribution in [0, 0.1) is 12.8 Å². The Morgan fingerprint density at radius 3 is 2.01 bits per heavy atom. The topological polar surface area (TPSA) is 274 Å². The van der Waals surface area contributed by atoms with Crippen LogP contribution in [0.15, 0.2) is 84.1 Å². The Kier molecular flexibility index (Phi) is 25.7. The fourth-order valence-electron chi connectivity index (χ4n) is 7.12. The van der Waals surface area contributed by atoms with Crippen LogP contribution in [0.4, 0.5) is 5.82 Å². The average molecular weight is 970 g/mol. The van der Waals surface area contributed by atoms with Gasteiger partial charge in [-0.15, -0.1) is 0 Å². The number of hydrogen-bond donors (Lipinski definition) is 6. The van der Waals surface area contributed by atoms with Crippen LogP contribution in [-0.4, -0.2) is 138 Å². The van der Waals surface area contributed by atoms with Gasteiger partial charge in [0.1, 0.15) is 11.9 Å². The second-order valence-electron chi connectivity index (χ2n) is 16.5. The maximum Gasteiger partial charge on any atom is 0.305 e. The van der Waals surface area contributed by atoms with Gasteiger partial charge in [0, 0.05) is 42.7 Å². The van der Waals surface area contributed by atoms with E-state index in [2.05, 4.69) is 41.6 Å². The molecule has 0 aliphatic rings. The highest BCUT2D eigenvalue weighted by Crippen LogP contribution is 2.32. The number of hydrogen-bond acceptors (Lipinski definition) is 13. The minimum atomic E-state index is -1.10. The minimum Gasteiger partial charge on any atom is -0.481 e. The van der Waals surface area contributed by atoms with Crippen molar-refractivity contribution in [2.75, 3.05) is 97.6 Å². The first kappa shape index (κ1) is 55.9. The first-order chi connectivity index (χ1) is 33.9. The maximum atomic E-state index is 13.9. The highest BCUT2D eigenvalue weighted by Gasteiger charge is 2.24. The SMILES string of the molecule is Cc1ccnc(NCCCC(=O)NCC(=O)N[C@@H](CC(=O)O)c2ccc(-c3ccc(C(=O)N[C@H](CC(C)C)C(=O)NCCOCCOCCOCCOCCOCCN=[N+]=[N-])c4ccccc34)cc2)c1. The number of carboxylic acids is 1. The molecule has 6 N–H and O–H groups in total. The minimum absolute atomic E-state index is 0.112. The van der Waals surface area contributed by atoms with Gasteiger partial charge in [-0.3, -0.25) is 24.0 Å². The quantitative estimate of drug-likeness (QED) is 0.0144. The smallest absolute Gasteiger partial charge is 0.305 e. The van der Waals surface area contributed by atoms with Gasteiger partial charge < -0.3 is 55.4 Å². The third-order valence-corrected chi connectivity index (χ3v) is 10.5. The fraction of sp³-hybridized carbons (Fsp3) is 0.480. The van der Waals surface area contributed by atoms with E-state index in [0.29, 0.717) is 95.4 Å². The standard InChI is InChI=1S/C50H67N9O11/c1-35(2)31-44(50(65)54-19-21-66-23-25-68-27-29-70-30-28-69-26-24-67-22-20-56-59-51)58-49(64)42-15-14-39(40-7-4-5-8-41(40)42)37-10-12-38(13-11-37)43(33-48(62)63)57-47(61)34-55-46(60)9-6-17-52-45-32-36(3)16-18-53-45/h4-5,7-8,10-16,18,32,35,43-44H,6,9,17,19-31,33-34H2,1-3H3,(H,52,53)(H,54,65)(H,55,60)(H,57,61)(H,58,64)(H,62,63)/t43-,44+/m0/s1. The van der Waals surface area contributed by atoms with Gasteiger partial charge in [-0.25, -0.2) is 4.98 Å². The Morgan fingerprint density at radius 2 is 1.39 bits per heavy atom. The van der Waals surface area contributed by atoms with Crippen molar-refractivity contribution in [2.45, 2.75) is 58.5 Å². The van der Waals surface area contributed by atoms with E-state index < -0.39 is 29.9 Å². The molecule has 0 spiro atoms. The lowest BCUT2D eigenvalue weighted by Gasteiger charge is -2.21. The van der Waals surface area contributed by atoms with Crippen LogP contribution in [0.25, 0.3) is 32.3 Å². The highest BCUT2D eigenvalue weighted by atomic mass is 16.6. The van der Waals surface area contributed by atoms with Crippen molar-refractivity contribution in [3.8, 4) is 11.1 Å². The summed E-state index contributed by atoms with van der Waals surface area (Å²) >= 11 is 0. The lowest BCUT2D eigenvalue weighted by molar-refractivity contribution is -0.138. The number of anilines is 1. The lowest BCUT2D eigenvalue weighted by atomic mass is 9.93. The van der Waals surface area contributed by atoms with Gasteiger partial charge >= 0.3 is 5.97 Å². The first-order valence-corrected chi connectivity index (χ1v) is 23.5. The zero-order valence-corrected chi connectivity index (χ0v) is 40.3. The average Bonchev–Trinajstić information content (AvgIpc) is 3.34. The van der Waals surface area contributed by atoms with Gasteiger partial charge in [0.2, 0.25) is 17.7 Å². The molecule has 378 valence electrons. The number of rotatable bonds is 35. The van der Waals surface area contributed by atoms with Crippen molar-refractivity contribution in [2.24, 2.45) is 11.0 Å². The van der Waals surface area contributed by atoms with E-state index in [1.807, 2.05) is 75.4 Å². The van der Waals surface area contributed by atoms with E-state index in [1.165, 1.54) is 0 Å². The van der Waals surface area contributed by atoms with E-state index in [0.717, 1.165) is 27.9 Å². The zero-order valence-electron chi connectivity index (χ0n) is 40.3. The molecule has 70 heavy (non-hydrogen) atoms. The van der Waals surface area contributed by atoms with E-state index in [1.54, 1.807) is 24.4 Å². The third kappa shape index (κ3) is 21.3. The molecule has 2 atom stereocenters.